The predicted octanol–water partition coefficient (Wildman–Crippen LogP) is 5.81. The molecule has 3 aromatic carbocycles. The van der Waals surface area contributed by atoms with Crippen LogP contribution < -0.4 is 4.72 Å². The summed E-state index contributed by atoms with van der Waals surface area (Å²) in [7, 11) is 0. The lowest BCUT2D eigenvalue weighted by molar-refractivity contribution is 0.0984. The van der Waals surface area contributed by atoms with E-state index >= 15 is 0 Å². The molecule has 6 heteroatoms. The number of halogens is 2. The van der Waals surface area contributed by atoms with E-state index in [4.69, 9.17) is 11.6 Å². The fourth-order valence-corrected chi connectivity index (χ4v) is 4.11. The number of thiol groups is 1. The van der Waals surface area contributed by atoms with Crippen molar-refractivity contribution in [3.63, 3.8) is 0 Å². The lowest BCUT2D eigenvalue weighted by Crippen LogP contribution is -2.18. The molecule has 1 heterocycles. The van der Waals surface area contributed by atoms with Gasteiger partial charge in [0.25, 0.3) is 5.91 Å². The van der Waals surface area contributed by atoms with Crippen LogP contribution in [-0.4, -0.2) is 12.1 Å². The van der Waals surface area contributed by atoms with Crippen molar-refractivity contribution in [3.8, 4) is 11.1 Å². The van der Waals surface area contributed by atoms with Crippen LogP contribution in [0.5, 0.6) is 0 Å². The number of nitrogens with one attached hydrogen (secondary N) is 1. The van der Waals surface area contributed by atoms with Crippen molar-refractivity contribution in [1.29, 1.82) is 0 Å². The second-order valence-electron chi connectivity index (χ2n) is 6.18. The molecule has 0 saturated carbocycles. The first kappa shape index (κ1) is 18.5. The third-order valence-corrected chi connectivity index (χ3v) is 5.78. The molecule has 1 amide bonds. The maximum absolute atomic E-state index is 14.1. The van der Waals surface area contributed by atoms with E-state index in [1.165, 1.54) is 6.07 Å². The van der Waals surface area contributed by atoms with E-state index in [9.17, 15) is 9.18 Å². The molecule has 3 nitrogen and oxygen atoms in total. The minimum atomic E-state index is -1.15. The second kappa shape index (κ2) is 8.00. The minimum Gasteiger partial charge on any atom is -0.296 e. The van der Waals surface area contributed by atoms with Gasteiger partial charge in [0.2, 0.25) is 0 Å². The summed E-state index contributed by atoms with van der Waals surface area (Å²) in [6.07, 6.45) is 3.76. The van der Waals surface area contributed by atoms with E-state index in [0.29, 0.717) is 21.7 Å². The Morgan fingerprint density at radius 3 is 2.50 bits per heavy atom. The van der Waals surface area contributed by atoms with Crippen LogP contribution >= 0.6 is 22.9 Å². The van der Waals surface area contributed by atoms with Gasteiger partial charge in [0.1, 0.15) is 5.82 Å². The van der Waals surface area contributed by atoms with Gasteiger partial charge >= 0.3 is 0 Å². The van der Waals surface area contributed by atoms with Gasteiger partial charge in [0, 0.05) is 27.9 Å². The molecule has 0 aliphatic carbocycles. The van der Waals surface area contributed by atoms with Crippen molar-refractivity contribution in [2.75, 3.05) is 0 Å². The minimum absolute atomic E-state index is 0.220. The van der Waals surface area contributed by atoms with Crippen LogP contribution in [0.3, 0.4) is 0 Å². The van der Waals surface area contributed by atoms with E-state index in [-0.39, 0.29) is 5.91 Å². The Morgan fingerprint density at radius 1 is 1.00 bits per heavy atom. The first-order valence-electron chi connectivity index (χ1n) is 8.57. The number of benzene rings is 3. The van der Waals surface area contributed by atoms with Crippen LogP contribution in [0.4, 0.5) is 4.39 Å². The van der Waals surface area contributed by atoms with Crippen LogP contribution in [0.2, 0.25) is 5.02 Å². The molecule has 3 aromatic rings. The van der Waals surface area contributed by atoms with E-state index in [0.717, 1.165) is 11.1 Å². The van der Waals surface area contributed by atoms with Gasteiger partial charge in [0.05, 0.1) is 0 Å². The zero-order chi connectivity index (χ0) is 19.5. The number of rotatable bonds is 3. The maximum atomic E-state index is 14.1. The quantitative estimate of drug-likeness (QED) is 0.525. The summed E-state index contributed by atoms with van der Waals surface area (Å²) >= 11 is 4.64. The summed E-state index contributed by atoms with van der Waals surface area (Å²) in [6.45, 7) is 0. The molecule has 140 valence electrons. The Balaban J connectivity index is 1.49. The van der Waals surface area contributed by atoms with Crippen LogP contribution in [-0.2, 0) is 0 Å². The zero-order valence-corrected chi connectivity index (χ0v) is 16.3. The molecule has 0 saturated heterocycles. The molecule has 0 spiro atoms. The summed E-state index contributed by atoms with van der Waals surface area (Å²) in [4.78, 5) is 12.6. The predicted molar refractivity (Wildman–Crippen MR) is 116 cm³/mol. The maximum Gasteiger partial charge on any atom is 0.261 e. The molecule has 0 fully saturated rings. The third kappa shape index (κ3) is 4.01. The molecule has 4 rings (SSSR count). The van der Waals surface area contributed by atoms with Crippen LogP contribution in [0.1, 0.15) is 21.5 Å². The number of amides is 1. The standard InChI is InChI=1S/C22H16ClFN2OS/c23-19-9-10-20(21(24)13-19)16-5-7-17(8-6-16)22(27)26-28-12-11-15-3-1-2-4-18(15)14-25-28/h1-14,28H,(H,26,27). The molecule has 0 bridgehead atoms. The fraction of sp³-hybridized carbons (Fsp3) is 0. The average Bonchev–Trinajstić information content (AvgIpc) is 2.91. The van der Waals surface area contributed by atoms with Crippen molar-refractivity contribution in [1.82, 2.24) is 4.72 Å². The second-order valence-corrected chi connectivity index (χ2v) is 8.05. The number of fused-ring (bicyclic) bond motifs is 1. The smallest absolute Gasteiger partial charge is 0.261 e. The fourth-order valence-electron chi connectivity index (χ4n) is 2.85. The molecule has 1 aliphatic heterocycles. The van der Waals surface area contributed by atoms with Gasteiger partial charge in [-0.1, -0.05) is 59.3 Å². The summed E-state index contributed by atoms with van der Waals surface area (Å²) < 4.78 is 21.5. The summed E-state index contributed by atoms with van der Waals surface area (Å²) in [5.74, 6) is -0.618. The van der Waals surface area contributed by atoms with Gasteiger partial charge in [-0.15, -0.1) is 0 Å². The largest absolute Gasteiger partial charge is 0.296 e. The van der Waals surface area contributed by atoms with Crippen molar-refractivity contribution < 1.29 is 9.18 Å². The van der Waals surface area contributed by atoms with Crippen molar-refractivity contribution in [3.05, 3.63) is 99.7 Å². The Bertz CT molecular complexity index is 1060. The monoisotopic (exact) mass is 410 g/mol. The molecular formula is C22H16ClFN2OS. The van der Waals surface area contributed by atoms with E-state index in [2.05, 4.69) is 9.12 Å². The highest BCUT2D eigenvalue weighted by Crippen LogP contribution is 2.30. The van der Waals surface area contributed by atoms with Crippen LogP contribution in [0, 0.1) is 5.82 Å². The van der Waals surface area contributed by atoms with Gasteiger partial charge in [-0.2, -0.15) is 0 Å². The highest BCUT2D eigenvalue weighted by atomic mass is 35.5. The lowest BCUT2D eigenvalue weighted by Gasteiger charge is -2.13. The first-order chi connectivity index (χ1) is 13.6. The number of hydrogen-bond acceptors (Lipinski definition) is 2. The molecule has 28 heavy (non-hydrogen) atoms. The highest BCUT2D eigenvalue weighted by molar-refractivity contribution is 8.17. The molecule has 1 N–H and O–H groups in total. The molecular weight excluding hydrogens is 395 g/mol. The van der Waals surface area contributed by atoms with E-state index < -0.39 is 17.1 Å². The van der Waals surface area contributed by atoms with Crippen molar-refractivity contribution >= 4 is 41.1 Å². The lowest BCUT2D eigenvalue weighted by atomic mass is 10.0. The molecule has 0 radical (unpaired) electrons. The molecule has 1 unspecified atom stereocenters. The number of carbonyl (C=O) groups excluding carboxylic acids is 1. The summed E-state index contributed by atoms with van der Waals surface area (Å²) in [5, 5.41) is 2.26. The highest BCUT2D eigenvalue weighted by Gasteiger charge is 2.11. The normalized spacial score (nSPS) is 16.3. The zero-order valence-electron chi connectivity index (χ0n) is 14.6. The molecule has 1 aliphatic rings. The Morgan fingerprint density at radius 2 is 1.75 bits per heavy atom. The van der Waals surface area contributed by atoms with E-state index in [1.54, 1.807) is 42.6 Å². The van der Waals surface area contributed by atoms with E-state index in [1.807, 2.05) is 35.7 Å². The van der Waals surface area contributed by atoms with Gasteiger partial charge in [-0.05, 0) is 52.9 Å². The number of nitrogens with zero attached hydrogens (tertiary/aromatic N) is 1. The third-order valence-electron chi connectivity index (χ3n) is 4.32. The van der Waals surface area contributed by atoms with Gasteiger partial charge in [0.15, 0.2) is 0 Å². The van der Waals surface area contributed by atoms with Gasteiger partial charge in [-0.3, -0.25) is 9.52 Å². The van der Waals surface area contributed by atoms with Crippen molar-refractivity contribution in [2.45, 2.75) is 0 Å². The summed E-state index contributed by atoms with van der Waals surface area (Å²) in [5.41, 5.74) is 3.70. The molecule has 0 aromatic heterocycles. The number of carbonyl (C=O) groups is 1. The number of hydrogen-bond donors (Lipinski definition) is 2. The Hall–Kier alpha value is -2.89. The first-order valence-corrected chi connectivity index (χ1v) is 10.3. The van der Waals surface area contributed by atoms with Gasteiger partial charge < -0.3 is 0 Å². The van der Waals surface area contributed by atoms with Crippen LogP contribution in [0.15, 0.2) is 76.5 Å². The summed E-state index contributed by atoms with van der Waals surface area (Å²) in [6, 6.07) is 19.2. The SMILES string of the molecule is O=C(N[SH]1C=Cc2ccccc2C=N1)c1ccc(-c2ccc(Cl)cc2F)cc1. The van der Waals surface area contributed by atoms with Gasteiger partial charge in [-0.25, -0.2) is 8.79 Å². The molecule has 1 atom stereocenters. The topological polar surface area (TPSA) is 41.5 Å². The van der Waals surface area contributed by atoms with Crippen LogP contribution in [0.25, 0.3) is 17.2 Å². The average molecular weight is 411 g/mol. The van der Waals surface area contributed by atoms with Crippen molar-refractivity contribution in [2.24, 2.45) is 4.40 Å². The Kier molecular flexibility index (Phi) is 5.28. The Labute approximate surface area is 170 Å².